The average molecular weight is 470 g/mol. The summed E-state index contributed by atoms with van der Waals surface area (Å²) in [6.45, 7) is 5.55. The number of halogens is 2. The van der Waals surface area contributed by atoms with Crippen LogP contribution in [-0.2, 0) is 14.8 Å². The first-order valence-corrected chi connectivity index (χ1v) is 11.7. The molecule has 2 aromatic carbocycles. The molecular weight excluding hydrogens is 445 g/mol. The molecular formula is C21H25ClFN3O4S. The van der Waals surface area contributed by atoms with Crippen LogP contribution in [0.4, 0.5) is 10.1 Å². The van der Waals surface area contributed by atoms with Crippen molar-refractivity contribution in [2.75, 3.05) is 37.7 Å². The van der Waals surface area contributed by atoms with E-state index in [2.05, 4.69) is 9.62 Å². The van der Waals surface area contributed by atoms with E-state index in [9.17, 15) is 17.6 Å². The first-order chi connectivity index (χ1) is 14.7. The van der Waals surface area contributed by atoms with Gasteiger partial charge in [0.05, 0.1) is 9.92 Å². The zero-order chi connectivity index (χ0) is 22.6. The molecule has 7 nitrogen and oxygen atoms in total. The fourth-order valence-corrected chi connectivity index (χ4v) is 4.82. The number of hydrogen-bond donors (Lipinski definition) is 1. The van der Waals surface area contributed by atoms with Crippen molar-refractivity contribution in [3.05, 3.63) is 53.3 Å². The van der Waals surface area contributed by atoms with Gasteiger partial charge in [0.25, 0.3) is 5.91 Å². The molecule has 2 aromatic rings. The Morgan fingerprint density at radius 2 is 1.77 bits per heavy atom. The number of ether oxygens (including phenoxy) is 1. The van der Waals surface area contributed by atoms with Crippen LogP contribution >= 0.6 is 11.6 Å². The van der Waals surface area contributed by atoms with Crippen LogP contribution in [0, 0.1) is 5.82 Å². The lowest BCUT2D eigenvalue weighted by Gasteiger charge is -2.36. The minimum absolute atomic E-state index is 0.0294. The number of nitrogens with zero attached hydrogens (tertiary/aromatic N) is 2. The van der Waals surface area contributed by atoms with E-state index in [0.717, 1.165) is 5.69 Å². The first-order valence-electron chi connectivity index (χ1n) is 9.88. The van der Waals surface area contributed by atoms with E-state index in [1.54, 1.807) is 30.9 Å². The van der Waals surface area contributed by atoms with Gasteiger partial charge in [0, 0.05) is 37.9 Å². The van der Waals surface area contributed by atoms with E-state index < -0.39 is 10.0 Å². The monoisotopic (exact) mass is 469 g/mol. The quantitative estimate of drug-likeness (QED) is 0.674. The summed E-state index contributed by atoms with van der Waals surface area (Å²) in [5, 5.41) is 0.112. The highest BCUT2D eigenvalue weighted by molar-refractivity contribution is 7.89. The number of nitrogens with one attached hydrogen (secondary N) is 1. The first kappa shape index (κ1) is 23.3. The fourth-order valence-electron chi connectivity index (χ4n) is 3.24. The van der Waals surface area contributed by atoms with E-state index in [4.69, 9.17) is 16.3 Å². The molecule has 0 bridgehead atoms. The summed E-state index contributed by atoms with van der Waals surface area (Å²) in [6.07, 6.45) is 0. The molecule has 1 fully saturated rings. The van der Waals surface area contributed by atoms with Crippen LogP contribution < -0.4 is 14.4 Å². The molecule has 3 rings (SSSR count). The number of benzene rings is 2. The molecule has 0 saturated carbocycles. The Balaban J connectivity index is 1.53. The summed E-state index contributed by atoms with van der Waals surface area (Å²) in [7, 11) is -3.67. The topological polar surface area (TPSA) is 78.9 Å². The lowest BCUT2D eigenvalue weighted by molar-refractivity contribution is -0.133. The average Bonchev–Trinajstić information content (AvgIpc) is 2.72. The number of amides is 1. The predicted molar refractivity (Wildman–Crippen MR) is 118 cm³/mol. The van der Waals surface area contributed by atoms with Crippen molar-refractivity contribution >= 4 is 33.2 Å². The summed E-state index contributed by atoms with van der Waals surface area (Å²) in [5.41, 5.74) is 0.915. The van der Waals surface area contributed by atoms with Gasteiger partial charge < -0.3 is 14.5 Å². The Morgan fingerprint density at radius 1 is 1.13 bits per heavy atom. The SMILES string of the molecule is CC(C)NS(=O)(=O)c1ccc(OCC(=O)N2CCN(c3ccc(F)cc3)CC2)c(Cl)c1. The van der Waals surface area contributed by atoms with E-state index >= 15 is 0 Å². The van der Waals surface area contributed by atoms with E-state index in [0.29, 0.717) is 26.2 Å². The van der Waals surface area contributed by atoms with Gasteiger partial charge in [-0.05, 0) is 56.3 Å². The second-order valence-corrected chi connectivity index (χ2v) is 9.62. The van der Waals surface area contributed by atoms with Crippen LogP contribution in [0.1, 0.15) is 13.8 Å². The highest BCUT2D eigenvalue weighted by atomic mass is 35.5. The standard InChI is InChI=1S/C21H25ClFN3O4S/c1-15(2)24-31(28,29)18-7-8-20(19(22)13-18)30-14-21(27)26-11-9-25(10-12-26)17-5-3-16(23)4-6-17/h3-8,13,15,24H,9-12,14H2,1-2H3. The molecule has 1 saturated heterocycles. The molecule has 0 aromatic heterocycles. The van der Waals surface area contributed by atoms with Crippen LogP contribution in [0.2, 0.25) is 5.02 Å². The number of carbonyl (C=O) groups is 1. The number of piperazine rings is 1. The number of carbonyl (C=O) groups excluding carboxylic acids is 1. The van der Waals surface area contributed by atoms with Gasteiger partial charge >= 0.3 is 0 Å². The van der Waals surface area contributed by atoms with Crippen LogP contribution in [0.5, 0.6) is 5.75 Å². The maximum Gasteiger partial charge on any atom is 0.260 e. The van der Waals surface area contributed by atoms with Crippen molar-refractivity contribution < 1.29 is 22.3 Å². The highest BCUT2D eigenvalue weighted by Crippen LogP contribution is 2.27. The highest BCUT2D eigenvalue weighted by Gasteiger charge is 2.22. The van der Waals surface area contributed by atoms with Gasteiger partial charge in [-0.15, -0.1) is 0 Å². The van der Waals surface area contributed by atoms with Crippen molar-refractivity contribution in [1.82, 2.24) is 9.62 Å². The Bertz CT molecular complexity index is 1020. The predicted octanol–water partition coefficient (Wildman–Crippen LogP) is 2.89. The Morgan fingerprint density at radius 3 is 2.35 bits per heavy atom. The fraction of sp³-hybridized carbons (Fsp3) is 0.381. The number of anilines is 1. The number of rotatable bonds is 7. The van der Waals surface area contributed by atoms with Gasteiger partial charge in [0.2, 0.25) is 10.0 Å². The lowest BCUT2D eigenvalue weighted by Crippen LogP contribution is -2.50. The second-order valence-electron chi connectivity index (χ2n) is 7.50. The van der Waals surface area contributed by atoms with Crippen molar-refractivity contribution in [1.29, 1.82) is 0 Å². The molecule has 1 aliphatic rings. The summed E-state index contributed by atoms with van der Waals surface area (Å²) >= 11 is 6.16. The molecule has 1 heterocycles. The van der Waals surface area contributed by atoms with Gasteiger partial charge in [0.15, 0.2) is 6.61 Å². The molecule has 0 unspecified atom stereocenters. The van der Waals surface area contributed by atoms with Gasteiger partial charge in [-0.2, -0.15) is 0 Å². The third-order valence-electron chi connectivity index (χ3n) is 4.78. The number of hydrogen-bond acceptors (Lipinski definition) is 5. The molecule has 0 spiro atoms. The maximum atomic E-state index is 13.1. The Labute approximate surface area is 186 Å². The van der Waals surface area contributed by atoms with E-state index in [1.165, 1.54) is 30.3 Å². The molecule has 31 heavy (non-hydrogen) atoms. The van der Waals surface area contributed by atoms with Crippen LogP contribution in [0.25, 0.3) is 0 Å². The van der Waals surface area contributed by atoms with Gasteiger partial charge in [-0.1, -0.05) is 11.6 Å². The largest absolute Gasteiger partial charge is 0.482 e. The van der Waals surface area contributed by atoms with E-state index in [-0.39, 0.29) is 40.0 Å². The second kappa shape index (κ2) is 9.84. The minimum Gasteiger partial charge on any atom is -0.482 e. The van der Waals surface area contributed by atoms with Crippen LogP contribution in [-0.4, -0.2) is 58.1 Å². The molecule has 10 heteroatoms. The maximum absolute atomic E-state index is 13.1. The molecule has 0 radical (unpaired) electrons. The number of sulfonamides is 1. The Hall–Kier alpha value is -2.36. The van der Waals surface area contributed by atoms with Crippen LogP contribution in [0.3, 0.4) is 0 Å². The zero-order valence-electron chi connectivity index (χ0n) is 17.3. The van der Waals surface area contributed by atoms with Gasteiger partial charge in [-0.25, -0.2) is 17.5 Å². The molecule has 168 valence electrons. The van der Waals surface area contributed by atoms with Crippen LogP contribution in [0.15, 0.2) is 47.4 Å². The molecule has 0 aliphatic carbocycles. The molecule has 0 atom stereocenters. The third kappa shape index (κ3) is 6.09. The lowest BCUT2D eigenvalue weighted by atomic mass is 10.2. The third-order valence-corrected chi connectivity index (χ3v) is 6.73. The molecule has 1 N–H and O–H groups in total. The summed E-state index contributed by atoms with van der Waals surface area (Å²) in [6, 6.07) is 10.2. The van der Waals surface area contributed by atoms with E-state index in [1.807, 2.05) is 0 Å². The van der Waals surface area contributed by atoms with Gasteiger partial charge in [-0.3, -0.25) is 4.79 Å². The zero-order valence-corrected chi connectivity index (χ0v) is 18.9. The van der Waals surface area contributed by atoms with Gasteiger partial charge in [0.1, 0.15) is 11.6 Å². The summed E-state index contributed by atoms with van der Waals surface area (Å²) < 4.78 is 45.6. The molecule has 1 aliphatic heterocycles. The minimum atomic E-state index is -3.67. The Kier molecular flexibility index (Phi) is 7.40. The molecule has 1 amide bonds. The summed E-state index contributed by atoms with van der Waals surface area (Å²) in [4.78, 5) is 16.3. The van der Waals surface area contributed by atoms with Crippen molar-refractivity contribution in [3.8, 4) is 5.75 Å². The van der Waals surface area contributed by atoms with Crippen molar-refractivity contribution in [2.24, 2.45) is 0 Å². The summed E-state index contributed by atoms with van der Waals surface area (Å²) in [5.74, 6) is -0.230. The van der Waals surface area contributed by atoms with Crippen molar-refractivity contribution in [3.63, 3.8) is 0 Å². The van der Waals surface area contributed by atoms with Crippen molar-refractivity contribution in [2.45, 2.75) is 24.8 Å². The smallest absolute Gasteiger partial charge is 0.260 e. The normalized spacial score (nSPS) is 14.7.